The Kier molecular flexibility index (Phi) is 7.50. The van der Waals surface area contributed by atoms with Crippen LogP contribution in [0.1, 0.15) is 37.3 Å². The molecule has 146 valence electrons. The molecule has 1 heterocycles. The summed E-state index contributed by atoms with van der Waals surface area (Å²) in [6.45, 7) is 6.54. The zero-order valence-corrected chi connectivity index (χ0v) is 16.7. The summed E-state index contributed by atoms with van der Waals surface area (Å²) in [5.74, 6) is -0.719. The van der Waals surface area contributed by atoms with E-state index in [2.05, 4.69) is 16.0 Å². The number of rotatable bonds is 7. The summed E-state index contributed by atoms with van der Waals surface area (Å²) in [5.41, 5.74) is 0.693. The standard InChI is InChI=1S/C20H26FN3O2S/c1-20(2,3)18(14-6-8-15(21)9-7-14)23-13-17(25)24-19(26)22-11-10-16-5-4-12-27-16/h4-9,12,18,23H,10-11,13H2,1-3H3,(H2,22,24,25,26). The van der Waals surface area contributed by atoms with Gasteiger partial charge in [-0.25, -0.2) is 9.18 Å². The highest BCUT2D eigenvalue weighted by Crippen LogP contribution is 2.32. The van der Waals surface area contributed by atoms with E-state index in [0.717, 1.165) is 12.0 Å². The second kappa shape index (κ2) is 9.62. The molecule has 7 heteroatoms. The van der Waals surface area contributed by atoms with Gasteiger partial charge in [-0.15, -0.1) is 11.3 Å². The average molecular weight is 392 g/mol. The smallest absolute Gasteiger partial charge is 0.321 e. The van der Waals surface area contributed by atoms with Crippen LogP contribution in [0, 0.1) is 11.2 Å². The van der Waals surface area contributed by atoms with Crippen LogP contribution in [-0.2, 0) is 11.2 Å². The van der Waals surface area contributed by atoms with Gasteiger partial charge in [0.05, 0.1) is 6.54 Å². The Morgan fingerprint density at radius 1 is 1.15 bits per heavy atom. The number of nitrogens with one attached hydrogen (secondary N) is 3. The topological polar surface area (TPSA) is 70.2 Å². The van der Waals surface area contributed by atoms with Crippen LogP contribution >= 0.6 is 11.3 Å². The summed E-state index contributed by atoms with van der Waals surface area (Å²) in [6, 6.07) is 9.50. The van der Waals surface area contributed by atoms with Gasteiger partial charge in [-0.1, -0.05) is 39.0 Å². The highest BCUT2D eigenvalue weighted by atomic mass is 32.1. The largest absolute Gasteiger partial charge is 0.337 e. The number of urea groups is 1. The first-order chi connectivity index (χ1) is 12.8. The molecule has 3 amide bonds. The van der Waals surface area contributed by atoms with Crippen LogP contribution in [0.2, 0.25) is 0 Å². The van der Waals surface area contributed by atoms with Crippen molar-refractivity contribution in [3.63, 3.8) is 0 Å². The Morgan fingerprint density at radius 3 is 2.44 bits per heavy atom. The summed E-state index contributed by atoms with van der Waals surface area (Å²) in [5, 5.41) is 10.1. The Balaban J connectivity index is 1.80. The number of benzene rings is 1. The number of carbonyl (C=O) groups excluding carboxylic acids is 2. The van der Waals surface area contributed by atoms with Crippen molar-refractivity contribution in [2.24, 2.45) is 5.41 Å². The van der Waals surface area contributed by atoms with Crippen molar-refractivity contribution in [3.05, 3.63) is 58.0 Å². The Hall–Kier alpha value is -2.25. The van der Waals surface area contributed by atoms with Gasteiger partial charge in [0.25, 0.3) is 0 Å². The lowest BCUT2D eigenvalue weighted by atomic mass is 9.82. The second-order valence-corrected chi connectivity index (χ2v) is 8.40. The van der Waals surface area contributed by atoms with E-state index in [4.69, 9.17) is 0 Å². The maximum absolute atomic E-state index is 13.2. The molecular formula is C20H26FN3O2S. The minimum absolute atomic E-state index is 0.0162. The maximum Gasteiger partial charge on any atom is 0.321 e. The van der Waals surface area contributed by atoms with E-state index in [0.29, 0.717) is 6.54 Å². The van der Waals surface area contributed by atoms with E-state index in [1.165, 1.54) is 17.0 Å². The van der Waals surface area contributed by atoms with E-state index in [1.54, 1.807) is 23.5 Å². The Labute approximate surface area is 163 Å². The highest BCUT2D eigenvalue weighted by molar-refractivity contribution is 7.09. The SMILES string of the molecule is CC(C)(C)C(NCC(=O)NC(=O)NCCc1cccs1)c1ccc(F)cc1. The summed E-state index contributed by atoms with van der Waals surface area (Å²) in [4.78, 5) is 25.1. The fourth-order valence-corrected chi connectivity index (χ4v) is 3.45. The average Bonchev–Trinajstić information content (AvgIpc) is 3.09. The third-order valence-electron chi connectivity index (χ3n) is 4.03. The molecule has 27 heavy (non-hydrogen) atoms. The molecular weight excluding hydrogens is 365 g/mol. The molecule has 1 aromatic heterocycles. The van der Waals surface area contributed by atoms with Crippen molar-refractivity contribution < 1.29 is 14.0 Å². The molecule has 5 nitrogen and oxygen atoms in total. The molecule has 2 aromatic rings. The molecule has 0 fully saturated rings. The predicted molar refractivity (Wildman–Crippen MR) is 106 cm³/mol. The molecule has 3 N–H and O–H groups in total. The zero-order valence-electron chi connectivity index (χ0n) is 15.8. The zero-order chi connectivity index (χ0) is 19.9. The first kappa shape index (κ1) is 21.1. The number of halogens is 1. The van der Waals surface area contributed by atoms with Crippen LogP contribution in [-0.4, -0.2) is 25.0 Å². The minimum atomic E-state index is -0.507. The molecule has 1 atom stereocenters. The van der Waals surface area contributed by atoms with E-state index >= 15 is 0 Å². The quantitative estimate of drug-likeness (QED) is 0.675. The maximum atomic E-state index is 13.2. The number of hydrogen-bond acceptors (Lipinski definition) is 4. The van der Waals surface area contributed by atoms with E-state index < -0.39 is 11.9 Å². The normalized spacial score (nSPS) is 12.4. The van der Waals surface area contributed by atoms with Gasteiger partial charge in [0.2, 0.25) is 5.91 Å². The molecule has 0 saturated carbocycles. The molecule has 0 saturated heterocycles. The third-order valence-corrected chi connectivity index (χ3v) is 4.96. The first-order valence-electron chi connectivity index (χ1n) is 8.84. The molecule has 1 aromatic carbocycles. The fourth-order valence-electron chi connectivity index (χ4n) is 2.74. The second-order valence-electron chi connectivity index (χ2n) is 7.36. The molecule has 0 bridgehead atoms. The van der Waals surface area contributed by atoms with Gasteiger partial charge < -0.3 is 10.6 Å². The van der Waals surface area contributed by atoms with Gasteiger partial charge in [-0.2, -0.15) is 0 Å². The number of hydrogen-bond donors (Lipinski definition) is 3. The molecule has 0 radical (unpaired) electrons. The molecule has 1 unspecified atom stereocenters. The van der Waals surface area contributed by atoms with E-state index in [1.807, 2.05) is 38.3 Å². The highest BCUT2D eigenvalue weighted by Gasteiger charge is 2.26. The number of amides is 3. The van der Waals surface area contributed by atoms with Crippen LogP contribution in [0.15, 0.2) is 41.8 Å². The molecule has 0 aliphatic carbocycles. The van der Waals surface area contributed by atoms with Crippen LogP contribution in [0.4, 0.5) is 9.18 Å². The Morgan fingerprint density at radius 2 is 1.85 bits per heavy atom. The van der Waals surface area contributed by atoms with Crippen LogP contribution in [0.5, 0.6) is 0 Å². The van der Waals surface area contributed by atoms with Crippen LogP contribution in [0.25, 0.3) is 0 Å². The fraction of sp³-hybridized carbons (Fsp3) is 0.400. The van der Waals surface area contributed by atoms with Gasteiger partial charge in [0.15, 0.2) is 0 Å². The molecule has 0 spiro atoms. The van der Waals surface area contributed by atoms with Gasteiger partial charge >= 0.3 is 6.03 Å². The summed E-state index contributed by atoms with van der Waals surface area (Å²) in [7, 11) is 0. The van der Waals surface area contributed by atoms with Crippen LogP contribution < -0.4 is 16.0 Å². The molecule has 0 aliphatic rings. The lowest BCUT2D eigenvalue weighted by Gasteiger charge is -2.32. The van der Waals surface area contributed by atoms with E-state index in [9.17, 15) is 14.0 Å². The predicted octanol–water partition coefficient (Wildman–Crippen LogP) is 3.63. The number of imide groups is 1. The number of carbonyl (C=O) groups is 2. The lowest BCUT2D eigenvalue weighted by Crippen LogP contribution is -2.45. The van der Waals surface area contributed by atoms with Gasteiger partial charge in [-0.05, 0) is 41.0 Å². The van der Waals surface area contributed by atoms with Crippen molar-refractivity contribution in [1.82, 2.24) is 16.0 Å². The lowest BCUT2D eigenvalue weighted by molar-refractivity contribution is -0.119. The first-order valence-corrected chi connectivity index (χ1v) is 9.72. The summed E-state index contributed by atoms with van der Waals surface area (Å²) in [6.07, 6.45) is 0.730. The molecule has 2 rings (SSSR count). The van der Waals surface area contributed by atoms with Crippen molar-refractivity contribution in [1.29, 1.82) is 0 Å². The van der Waals surface area contributed by atoms with Crippen molar-refractivity contribution in [2.75, 3.05) is 13.1 Å². The van der Waals surface area contributed by atoms with Crippen molar-refractivity contribution >= 4 is 23.3 Å². The van der Waals surface area contributed by atoms with Gasteiger partial charge in [-0.3, -0.25) is 10.1 Å². The summed E-state index contributed by atoms with van der Waals surface area (Å²) >= 11 is 1.63. The number of thiophene rings is 1. The van der Waals surface area contributed by atoms with Crippen LogP contribution in [0.3, 0.4) is 0 Å². The third kappa shape index (κ3) is 7.11. The van der Waals surface area contributed by atoms with Gasteiger partial charge in [0.1, 0.15) is 5.82 Å². The van der Waals surface area contributed by atoms with Crippen molar-refractivity contribution in [3.8, 4) is 0 Å². The summed E-state index contributed by atoms with van der Waals surface area (Å²) < 4.78 is 13.2. The monoisotopic (exact) mass is 391 g/mol. The van der Waals surface area contributed by atoms with Crippen molar-refractivity contribution in [2.45, 2.75) is 33.2 Å². The van der Waals surface area contributed by atoms with Gasteiger partial charge in [0, 0.05) is 17.5 Å². The Bertz CT molecular complexity index is 740. The van der Waals surface area contributed by atoms with E-state index in [-0.39, 0.29) is 23.8 Å². The minimum Gasteiger partial charge on any atom is -0.337 e. The molecule has 0 aliphatic heterocycles.